The third kappa shape index (κ3) is 3.16. The van der Waals surface area contributed by atoms with Crippen LogP contribution in [0, 0.1) is 11.8 Å². The maximum atomic E-state index is 6.90. The topological polar surface area (TPSA) is 12.5 Å². The summed E-state index contributed by atoms with van der Waals surface area (Å²) in [5.41, 5.74) is 4.52. The van der Waals surface area contributed by atoms with Gasteiger partial charge in [0, 0.05) is 23.4 Å². The van der Waals surface area contributed by atoms with E-state index < -0.39 is 0 Å². The largest absolute Gasteiger partial charge is 0.355 e. The molecule has 5 rings (SSSR count). The van der Waals surface area contributed by atoms with Crippen LogP contribution in [0.2, 0.25) is 0 Å². The van der Waals surface area contributed by atoms with Crippen LogP contribution in [0.5, 0.6) is 0 Å². The van der Waals surface area contributed by atoms with E-state index >= 15 is 0 Å². The van der Waals surface area contributed by atoms with E-state index in [0.717, 1.165) is 18.9 Å². The van der Waals surface area contributed by atoms with E-state index in [1.165, 1.54) is 36.0 Å². The first-order valence-corrected chi connectivity index (χ1v) is 11.4. The van der Waals surface area contributed by atoms with E-state index in [-0.39, 0.29) is 17.2 Å². The summed E-state index contributed by atoms with van der Waals surface area (Å²) in [5, 5.41) is 0. The van der Waals surface area contributed by atoms with Crippen molar-refractivity contribution in [1.82, 2.24) is 4.90 Å². The Kier molecular flexibility index (Phi) is 4.64. The summed E-state index contributed by atoms with van der Waals surface area (Å²) in [6.07, 6.45) is 5.39. The Morgan fingerprint density at radius 1 is 0.966 bits per heavy atom. The Labute approximate surface area is 176 Å². The van der Waals surface area contributed by atoms with Gasteiger partial charge in [-0.15, -0.1) is 0 Å². The quantitative estimate of drug-likeness (QED) is 0.614. The molecule has 5 atom stereocenters. The number of benzene rings is 2. The predicted molar refractivity (Wildman–Crippen MR) is 119 cm³/mol. The zero-order valence-electron chi connectivity index (χ0n) is 18.4. The normalized spacial score (nSPS) is 36.0. The van der Waals surface area contributed by atoms with Gasteiger partial charge in [-0.1, -0.05) is 74.9 Å². The van der Waals surface area contributed by atoms with Crippen molar-refractivity contribution >= 4 is 0 Å². The number of nitrogens with zero attached hydrogens (tertiary/aromatic N) is 1. The summed E-state index contributed by atoms with van der Waals surface area (Å²) in [6, 6.07) is 20.1. The second-order valence-corrected chi connectivity index (χ2v) is 10.6. The van der Waals surface area contributed by atoms with Gasteiger partial charge < -0.3 is 4.74 Å². The van der Waals surface area contributed by atoms with Crippen molar-refractivity contribution in [3.63, 3.8) is 0 Å². The van der Waals surface area contributed by atoms with Crippen LogP contribution in [-0.4, -0.2) is 23.1 Å². The lowest BCUT2D eigenvalue weighted by Gasteiger charge is -2.61. The highest BCUT2D eigenvalue weighted by Gasteiger charge is 2.55. The number of hydrogen-bond donors (Lipinski definition) is 0. The molecule has 0 radical (unpaired) electrons. The fraction of sp³-hybridized carbons (Fsp3) is 0.556. The van der Waals surface area contributed by atoms with Crippen LogP contribution in [-0.2, 0) is 16.6 Å². The van der Waals surface area contributed by atoms with Gasteiger partial charge in [-0.05, 0) is 55.7 Å². The van der Waals surface area contributed by atoms with Crippen molar-refractivity contribution in [2.75, 3.05) is 6.54 Å². The average molecular weight is 390 g/mol. The number of hydrogen-bond acceptors (Lipinski definition) is 2. The molecule has 0 spiro atoms. The first kappa shape index (κ1) is 19.3. The predicted octanol–water partition coefficient (Wildman–Crippen LogP) is 6.11. The molecule has 29 heavy (non-hydrogen) atoms. The number of ether oxygens (including phenoxy) is 1. The maximum absolute atomic E-state index is 6.90. The van der Waals surface area contributed by atoms with Gasteiger partial charge in [0.15, 0.2) is 0 Å². The van der Waals surface area contributed by atoms with Crippen molar-refractivity contribution in [2.45, 2.75) is 76.7 Å². The van der Waals surface area contributed by atoms with Gasteiger partial charge in [-0.3, -0.25) is 4.90 Å². The first-order chi connectivity index (χ1) is 13.9. The third-order valence-electron chi connectivity index (χ3n) is 8.12. The molecule has 2 aliphatic heterocycles. The van der Waals surface area contributed by atoms with Crippen molar-refractivity contribution in [2.24, 2.45) is 11.8 Å². The molecule has 1 saturated carbocycles. The summed E-state index contributed by atoms with van der Waals surface area (Å²) < 4.78 is 6.90. The highest BCUT2D eigenvalue weighted by atomic mass is 16.5. The van der Waals surface area contributed by atoms with E-state index in [4.69, 9.17) is 4.74 Å². The molecular formula is C27H35NO. The smallest absolute Gasteiger partial charge is 0.137 e. The Morgan fingerprint density at radius 3 is 2.48 bits per heavy atom. The highest BCUT2D eigenvalue weighted by Crippen LogP contribution is 2.53. The fourth-order valence-corrected chi connectivity index (χ4v) is 6.49. The maximum Gasteiger partial charge on any atom is 0.137 e. The molecule has 2 heteroatoms. The molecule has 0 bridgehead atoms. The lowest BCUT2D eigenvalue weighted by molar-refractivity contribution is -0.246. The molecule has 2 aromatic carbocycles. The zero-order valence-corrected chi connectivity index (χ0v) is 18.4. The van der Waals surface area contributed by atoms with Gasteiger partial charge in [0.2, 0.25) is 0 Å². The molecule has 2 aromatic rings. The van der Waals surface area contributed by atoms with E-state index in [9.17, 15) is 0 Å². The van der Waals surface area contributed by atoms with Crippen LogP contribution in [0.1, 0.15) is 69.9 Å². The summed E-state index contributed by atoms with van der Waals surface area (Å²) in [4.78, 5) is 2.70. The van der Waals surface area contributed by atoms with Crippen molar-refractivity contribution in [3.05, 3.63) is 71.3 Å². The number of rotatable bonds is 2. The minimum Gasteiger partial charge on any atom is -0.355 e. The van der Waals surface area contributed by atoms with Crippen LogP contribution in [0.4, 0.5) is 0 Å². The molecule has 3 aliphatic rings. The molecule has 1 aliphatic carbocycles. The van der Waals surface area contributed by atoms with Gasteiger partial charge in [0.05, 0.1) is 6.10 Å². The van der Waals surface area contributed by atoms with Crippen LogP contribution < -0.4 is 0 Å². The van der Waals surface area contributed by atoms with Gasteiger partial charge in [0.1, 0.15) is 6.23 Å². The van der Waals surface area contributed by atoms with Crippen LogP contribution >= 0.6 is 0 Å². The Balaban J connectivity index is 1.57. The van der Waals surface area contributed by atoms with Crippen molar-refractivity contribution in [1.29, 1.82) is 0 Å². The standard InChI is InChI=1S/C27H35NO/c1-19-14-15-23-24(16-19)29-25-21-12-8-9-13-22(21)27(4,18-28(25)26(23,2)3)17-20-10-6-5-7-11-20/h5-13,19,23-25H,14-18H2,1-4H3/t19-,23?,24?,25+,27-/m1/s1. The Bertz CT molecular complexity index is 875. The summed E-state index contributed by atoms with van der Waals surface area (Å²) >= 11 is 0. The molecule has 2 fully saturated rings. The first-order valence-electron chi connectivity index (χ1n) is 11.4. The van der Waals surface area contributed by atoms with E-state index in [2.05, 4.69) is 87.2 Å². The molecule has 2 heterocycles. The number of fused-ring (bicyclic) bond motifs is 4. The molecule has 0 amide bonds. The van der Waals surface area contributed by atoms with Gasteiger partial charge in [0.25, 0.3) is 0 Å². The van der Waals surface area contributed by atoms with Crippen LogP contribution in [0.25, 0.3) is 0 Å². The summed E-state index contributed by atoms with van der Waals surface area (Å²) in [7, 11) is 0. The lowest BCUT2D eigenvalue weighted by Crippen LogP contribution is -2.65. The van der Waals surface area contributed by atoms with Gasteiger partial charge in [-0.25, -0.2) is 0 Å². The second kappa shape index (κ2) is 6.96. The van der Waals surface area contributed by atoms with Crippen molar-refractivity contribution in [3.8, 4) is 0 Å². The minimum atomic E-state index is 0.0872. The minimum absolute atomic E-state index is 0.0872. The average Bonchev–Trinajstić information content (AvgIpc) is 2.70. The van der Waals surface area contributed by atoms with E-state index in [0.29, 0.717) is 12.0 Å². The molecule has 1 saturated heterocycles. The Hall–Kier alpha value is -1.64. The third-order valence-corrected chi connectivity index (χ3v) is 8.12. The van der Waals surface area contributed by atoms with Gasteiger partial charge in [-0.2, -0.15) is 0 Å². The molecule has 2 nitrogen and oxygen atoms in total. The second-order valence-electron chi connectivity index (χ2n) is 10.6. The van der Waals surface area contributed by atoms with E-state index in [1.54, 1.807) is 0 Å². The van der Waals surface area contributed by atoms with Gasteiger partial charge >= 0.3 is 0 Å². The Morgan fingerprint density at radius 2 is 1.69 bits per heavy atom. The fourth-order valence-electron chi connectivity index (χ4n) is 6.49. The summed E-state index contributed by atoms with van der Waals surface area (Å²) in [5.74, 6) is 1.40. The zero-order chi connectivity index (χ0) is 20.2. The monoisotopic (exact) mass is 389 g/mol. The summed E-state index contributed by atoms with van der Waals surface area (Å²) in [6.45, 7) is 10.9. The molecule has 2 unspecified atom stereocenters. The molecule has 0 N–H and O–H groups in total. The van der Waals surface area contributed by atoms with Crippen LogP contribution in [0.15, 0.2) is 54.6 Å². The highest BCUT2D eigenvalue weighted by molar-refractivity contribution is 5.41. The SMILES string of the molecule is C[C@@H]1CCC2C(C1)O[C@H]1c3ccccc3[C@](C)(Cc3ccccc3)CN1C2(C)C. The van der Waals surface area contributed by atoms with Crippen LogP contribution in [0.3, 0.4) is 0 Å². The molecule has 154 valence electrons. The van der Waals surface area contributed by atoms with E-state index in [1.807, 2.05) is 0 Å². The van der Waals surface area contributed by atoms with Crippen molar-refractivity contribution < 1.29 is 4.74 Å². The molecular weight excluding hydrogens is 354 g/mol. The molecule has 0 aromatic heterocycles. The lowest BCUT2D eigenvalue weighted by atomic mass is 9.66.